The number of piperidine rings is 1. The van der Waals surface area contributed by atoms with Crippen molar-refractivity contribution >= 4 is 15.8 Å². The maximum atomic E-state index is 12.8. The molecule has 1 fully saturated rings. The Morgan fingerprint density at radius 2 is 1.88 bits per heavy atom. The van der Waals surface area contributed by atoms with Crippen LogP contribution in [0.4, 0.5) is 5.82 Å². The van der Waals surface area contributed by atoms with Crippen molar-refractivity contribution in [2.45, 2.75) is 30.8 Å². The molecule has 26 heavy (non-hydrogen) atoms. The number of sulfonamides is 1. The van der Waals surface area contributed by atoms with Crippen LogP contribution < -0.4 is 9.64 Å². The molecule has 1 aliphatic heterocycles. The first-order valence-electron chi connectivity index (χ1n) is 8.60. The molecule has 0 saturated carbocycles. The molecule has 0 aliphatic carbocycles. The Labute approximate surface area is 154 Å². The van der Waals surface area contributed by atoms with Crippen LogP contribution >= 0.6 is 0 Å². The van der Waals surface area contributed by atoms with Crippen LogP contribution in [0.3, 0.4) is 0 Å². The second kappa shape index (κ2) is 7.59. The Morgan fingerprint density at radius 3 is 2.46 bits per heavy atom. The second-order valence-electron chi connectivity index (χ2n) is 6.59. The third kappa shape index (κ3) is 3.96. The third-order valence-electron chi connectivity index (χ3n) is 4.46. The number of aryl methyl sites for hydroxylation is 1. The van der Waals surface area contributed by atoms with Crippen molar-refractivity contribution in [2.75, 3.05) is 32.1 Å². The van der Waals surface area contributed by atoms with Crippen LogP contribution in [0, 0.1) is 6.92 Å². The largest absolute Gasteiger partial charge is 0.474 e. The molecule has 3 rings (SSSR count). The molecule has 8 heteroatoms. The molecule has 2 aromatic heterocycles. The molecular formula is C18H24N4O3S. The van der Waals surface area contributed by atoms with E-state index in [0.717, 1.165) is 11.4 Å². The van der Waals surface area contributed by atoms with Crippen LogP contribution in [-0.4, -0.2) is 56.0 Å². The van der Waals surface area contributed by atoms with Crippen LogP contribution in [0.15, 0.2) is 41.6 Å². The van der Waals surface area contributed by atoms with E-state index in [-0.39, 0.29) is 11.0 Å². The van der Waals surface area contributed by atoms with Crippen molar-refractivity contribution in [1.29, 1.82) is 0 Å². The predicted octanol–water partition coefficient (Wildman–Crippen LogP) is 2.08. The van der Waals surface area contributed by atoms with Crippen molar-refractivity contribution in [2.24, 2.45) is 0 Å². The number of hydrogen-bond acceptors (Lipinski definition) is 6. The Kier molecular flexibility index (Phi) is 5.43. The van der Waals surface area contributed by atoms with E-state index < -0.39 is 10.0 Å². The number of ether oxygens (including phenoxy) is 1. The number of nitrogens with zero attached hydrogens (tertiary/aromatic N) is 4. The zero-order chi connectivity index (χ0) is 18.7. The summed E-state index contributed by atoms with van der Waals surface area (Å²) in [6.45, 7) is 2.80. The molecule has 3 heterocycles. The highest BCUT2D eigenvalue weighted by Gasteiger charge is 2.30. The van der Waals surface area contributed by atoms with Crippen LogP contribution in [-0.2, 0) is 10.0 Å². The summed E-state index contributed by atoms with van der Waals surface area (Å²) in [6, 6.07) is 7.14. The number of anilines is 1. The first-order chi connectivity index (χ1) is 12.4. The molecule has 1 saturated heterocycles. The van der Waals surface area contributed by atoms with Crippen molar-refractivity contribution in [1.82, 2.24) is 14.3 Å². The van der Waals surface area contributed by atoms with E-state index in [1.807, 2.05) is 38.1 Å². The summed E-state index contributed by atoms with van der Waals surface area (Å²) in [4.78, 5) is 10.5. The van der Waals surface area contributed by atoms with Gasteiger partial charge in [-0.15, -0.1) is 0 Å². The molecule has 1 aliphatic rings. The van der Waals surface area contributed by atoms with Gasteiger partial charge in [-0.1, -0.05) is 6.07 Å². The van der Waals surface area contributed by atoms with E-state index in [1.54, 1.807) is 18.3 Å². The normalized spacial score (nSPS) is 16.4. The van der Waals surface area contributed by atoms with Crippen molar-refractivity contribution in [3.8, 4) is 5.88 Å². The SMILES string of the molecule is Cc1cccnc1OC1CCN(S(=O)(=O)c2ccc(N(C)C)nc2)CC1. The number of rotatable bonds is 5. The monoisotopic (exact) mass is 376 g/mol. The standard InChI is InChI=1S/C18H24N4O3S/c1-14-5-4-10-19-18(14)25-15-8-11-22(12-9-15)26(23,24)16-6-7-17(20-13-16)21(2)3/h4-7,10,13,15H,8-9,11-12H2,1-3H3. The fourth-order valence-electron chi connectivity index (χ4n) is 2.88. The van der Waals surface area contributed by atoms with Gasteiger partial charge in [-0.3, -0.25) is 0 Å². The van der Waals surface area contributed by atoms with E-state index in [1.165, 1.54) is 10.5 Å². The molecule has 0 bridgehead atoms. The molecule has 0 spiro atoms. The quantitative estimate of drug-likeness (QED) is 0.795. The van der Waals surface area contributed by atoms with Crippen molar-refractivity contribution in [3.05, 3.63) is 42.2 Å². The summed E-state index contributed by atoms with van der Waals surface area (Å²) < 4.78 is 33.1. The minimum Gasteiger partial charge on any atom is -0.474 e. The van der Waals surface area contributed by atoms with Crippen LogP contribution in [0.2, 0.25) is 0 Å². The minimum absolute atomic E-state index is 0.0238. The fourth-order valence-corrected chi connectivity index (χ4v) is 4.30. The molecule has 0 unspecified atom stereocenters. The molecular weight excluding hydrogens is 352 g/mol. The van der Waals surface area contributed by atoms with Crippen molar-refractivity contribution < 1.29 is 13.2 Å². The van der Waals surface area contributed by atoms with Gasteiger partial charge in [0.1, 0.15) is 16.8 Å². The Balaban J connectivity index is 1.64. The molecule has 0 amide bonds. The van der Waals surface area contributed by atoms with E-state index in [4.69, 9.17) is 4.74 Å². The topological polar surface area (TPSA) is 75.6 Å². The van der Waals surface area contributed by atoms with Gasteiger partial charge in [-0.25, -0.2) is 18.4 Å². The first-order valence-corrected chi connectivity index (χ1v) is 10.0. The number of aromatic nitrogens is 2. The van der Waals surface area contributed by atoms with Gasteiger partial charge in [0.25, 0.3) is 0 Å². The van der Waals surface area contributed by atoms with Crippen LogP contribution in [0.5, 0.6) is 5.88 Å². The Bertz CT molecular complexity index is 845. The fraction of sp³-hybridized carbons (Fsp3) is 0.444. The Hall–Kier alpha value is -2.19. The zero-order valence-corrected chi connectivity index (χ0v) is 16.1. The van der Waals surface area contributed by atoms with Crippen LogP contribution in [0.1, 0.15) is 18.4 Å². The molecule has 0 N–H and O–H groups in total. The highest BCUT2D eigenvalue weighted by atomic mass is 32.2. The molecule has 7 nitrogen and oxygen atoms in total. The van der Waals surface area contributed by atoms with Gasteiger partial charge >= 0.3 is 0 Å². The lowest BCUT2D eigenvalue weighted by Crippen LogP contribution is -2.41. The third-order valence-corrected chi connectivity index (χ3v) is 6.34. The summed E-state index contributed by atoms with van der Waals surface area (Å²) in [5.41, 5.74) is 0.981. The van der Waals surface area contributed by atoms with E-state index in [0.29, 0.717) is 31.8 Å². The summed E-state index contributed by atoms with van der Waals surface area (Å²) in [5.74, 6) is 1.35. The van der Waals surface area contributed by atoms with E-state index >= 15 is 0 Å². The van der Waals surface area contributed by atoms with E-state index in [9.17, 15) is 8.42 Å². The molecule has 140 valence electrons. The minimum atomic E-state index is -3.53. The number of hydrogen-bond donors (Lipinski definition) is 0. The molecule has 0 radical (unpaired) electrons. The van der Waals surface area contributed by atoms with Gasteiger partial charge in [0, 0.05) is 45.1 Å². The average molecular weight is 376 g/mol. The first kappa shape index (κ1) is 18.6. The maximum absolute atomic E-state index is 12.8. The highest BCUT2D eigenvalue weighted by molar-refractivity contribution is 7.89. The summed E-state index contributed by atoms with van der Waals surface area (Å²) in [5, 5.41) is 0. The summed E-state index contributed by atoms with van der Waals surface area (Å²) in [7, 11) is 0.204. The predicted molar refractivity (Wildman–Crippen MR) is 99.9 cm³/mol. The summed E-state index contributed by atoms with van der Waals surface area (Å²) >= 11 is 0. The summed E-state index contributed by atoms with van der Waals surface area (Å²) in [6.07, 6.45) is 4.37. The van der Waals surface area contributed by atoms with Gasteiger partial charge in [0.15, 0.2) is 0 Å². The zero-order valence-electron chi connectivity index (χ0n) is 15.3. The Morgan fingerprint density at radius 1 is 1.15 bits per heavy atom. The van der Waals surface area contributed by atoms with Gasteiger partial charge in [0.05, 0.1) is 0 Å². The van der Waals surface area contributed by atoms with Gasteiger partial charge in [-0.05, 0) is 38.0 Å². The van der Waals surface area contributed by atoms with Gasteiger partial charge < -0.3 is 9.64 Å². The van der Waals surface area contributed by atoms with Crippen molar-refractivity contribution in [3.63, 3.8) is 0 Å². The number of pyridine rings is 2. The van der Waals surface area contributed by atoms with Gasteiger partial charge in [-0.2, -0.15) is 4.31 Å². The lowest BCUT2D eigenvalue weighted by molar-refractivity contribution is 0.129. The van der Waals surface area contributed by atoms with Gasteiger partial charge in [0.2, 0.25) is 15.9 Å². The molecule has 0 atom stereocenters. The highest BCUT2D eigenvalue weighted by Crippen LogP contribution is 2.24. The average Bonchev–Trinajstić information content (AvgIpc) is 2.64. The smallest absolute Gasteiger partial charge is 0.244 e. The van der Waals surface area contributed by atoms with E-state index in [2.05, 4.69) is 9.97 Å². The maximum Gasteiger partial charge on any atom is 0.244 e. The van der Waals surface area contributed by atoms with Crippen LogP contribution in [0.25, 0.3) is 0 Å². The second-order valence-corrected chi connectivity index (χ2v) is 8.53. The molecule has 0 aromatic carbocycles. The lowest BCUT2D eigenvalue weighted by Gasteiger charge is -2.31. The molecule has 2 aromatic rings. The lowest BCUT2D eigenvalue weighted by atomic mass is 10.1.